The van der Waals surface area contributed by atoms with Crippen LogP contribution in [0.4, 0.5) is 5.69 Å². The van der Waals surface area contributed by atoms with E-state index in [1.165, 1.54) is 0 Å². The van der Waals surface area contributed by atoms with Crippen LogP contribution in [0, 0.1) is 0 Å². The van der Waals surface area contributed by atoms with Gasteiger partial charge in [0, 0.05) is 35.1 Å². The first-order valence-corrected chi connectivity index (χ1v) is 11.4. The summed E-state index contributed by atoms with van der Waals surface area (Å²) in [4.78, 5) is 14.8. The third kappa shape index (κ3) is 5.13. The Morgan fingerprint density at radius 2 is 1.79 bits per heavy atom. The quantitative estimate of drug-likeness (QED) is 0.525. The third-order valence-electron chi connectivity index (χ3n) is 5.91. The number of nitrogens with one attached hydrogen (secondary N) is 2. The van der Waals surface area contributed by atoms with Crippen LogP contribution in [0.1, 0.15) is 16.7 Å². The third-order valence-corrected chi connectivity index (χ3v) is 6.14. The average molecular weight is 478 g/mol. The Labute approximate surface area is 205 Å². The maximum Gasteiger partial charge on any atom is 0.224 e. The highest BCUT2D eigenvalue weighted by Gasteiger charge is 2.23. The fourth-order valence-corrected chi connectivity index (χ4v) is 4.24. The highest BCUT2D eigenvalue weighted by Crippen LogP contribution is 2.35. The van der Waals surface area contributed by atoms with Gasteiger partial charge in [0.15, 0.2) is 11.5 Å². The standard InChI is InChI=1S/C27H28ClN3O3/c1-31-23-11-10-20(28)15-21(23)22(19-7-5-4-6-8-19)16-29-26(31)17-30-27(32)14-18-9-12-24(33-2)25(13-18)34-3/h4-13,15-16,26,29H,14,17H2,1-3H3,(H,30,32). The normalized spacial score (nSPS) is 14.9. The van der Waals surface area contributed by atoms with E-state index in [4.69, 9.17) is 21.1 Å². The van der Waals surface area contributed by atoms with Crippen molar-refractivity contribution in [2.24, 2.45) is 0 Å². The first-order chi connectivity index (χ1) is 16.5. The zero-order valence-corrected chi connectivity index (χ0v) is 20.2. The molecule has 3 aromatic carbocycles. The number of halogens is 1. The number of carbonyl (C=O) groups is 1. The van der Waals surface area contributed by atoms with Crippen LogP contribution in [0.25, 0.3) is 5.57 Å². The number of fused-ring (bicyclic) bond motifs is 1. The van der Waals surface area contributed by atoms with Gasteiger partial charge in [-0.2, -0.15) is 0 Å². The summed E-state index contributed by atoms with van der Waals surface area (Å²) < 4.78 is 10.6. The van der Waals surface area contributed by atoms with E-state index >= 15 is 0 Å². The molecule has 1 atom stereocenters. The van der Waals surface area contributed by atoms with E-state index in [-0.39, 0.29) is 18.5 Å². The maximum absolute atomic E-state index is 12.7. The minimum atomic E-state index is -0.143. The molecule has 7 heteroatoms. The summed E-state index contributed by atoms with van der Waals surface area (Å²) in [6.45, 7) is 0.420. The molecule has 0 fully saturated rings. The number of anilines is 1. The predicted molar refractivity (Wildman–Crippen MR) is 137 cm³/mol. The monoisotopic (exact) mass is 477 g/mol. The van der Waals surface area contributed by atoms with Crippen molar-refractivity contribution < 1.29 is 14.3 Å². The number of amides is 1. The molecule has 0 bridgehead atoms. The van der Waals surface area contributed by atoms with Gasteiger partial charge in [0.05, 0.1) is 27.2 Å². The molecule has 0 radical (unpaired) electrons. The number of hydrogen-bond donors (Lipinski definition) is 2. The zero-order chi connectivity index (χ0) is 24.1. The van der Waals surface area contributed by atoms with Crippen molar-refractivity contribution in [3.05, 3.63) is 94.6 Å². The number of ether oxygens (including phenoxy) is 2. The highest BCUT2D eigenvalue weighted by atomic mass is 35.5. The van der Waals surface area contributed by atoms with Crippen LogP contribution in [0.15, 0.2) is 72.9 Å². The second-order valence-electron chi connectivity index (χ2n) is 8.05. The molecule has 1 amide bonds. The lowest BCUT2D eigenvalue weighted by Crippen LogP contribution is -2.49. The van der Waals surface area contributed by atoms with Crippen LogP contribution in [0.5, 0.6) is 11.5 Å². The summed E-state index contributed by atoms with van der Waals surface area (Å²) in [6.07, 6.45) is 2.10. The summed E-state index contributed by atoms with van der Waals surface area (Å²) in [5, 5.41) is 7.20. The summed E-state index contributed by atoms with van der Waals surface area (Å²) in [5.74, 6) is 1.16. The van der Waals surface area contributed by atoms with Crippen molar-refractivity contribution in [1.29, 1.82) is 0 Å². The van der Waals surface area contributed by atoms with Crippen LogP contribution < -0.4 is 25.0 Å². The second kappa shape index (κ2) is 10.5. The molecule has 2 N–H and O–H groups in total. The fourth-order valence-electron chi connectivity index (χ4n) is 4.07. The zero-order valence-electron chi connectivity index (χ0n) is 19.5. The number of methoxy groups -OCH3 is 2. The molecule has 34 heavy (non-hydrogen) atoms. The largest absolute Gasteiger partial charge is 0.493 e. The smallest absolute Gasteiger partial charge is 0.224 e. The molecule has 6 nitrogen and oxygen atoms in total. The predicted octanol–water partition coefficient (Wildman–Crippen LogP) is 4.47. The summed E-state index contributed by atoms with van der Waals surface area (Å²) >= 11 is 6.35. The van der Waals surface area contributed by atoms with Crippen molar-refractivity contribution in [3.8, 4) is 11.5 Å². The van der Waals surface area contributed by atoms with E-state index < -0.39 is 0 Å². The van der Waals surface area contributed by atoms with E-state index in [1.807, 2.05) is 61.8 Å². The van der Waals surface area contributed by atoms with E-state index in [1.54, 1.807) is 20.3 Å². The summed E-state index contributed by atoms with van der Waals surface area (Å²) in [5.41, 5.74) is 5.05. The Balaban J connectivity index is 1.50. The molecule has 4 rings (SSSR count). The van der Waals surface area contributed by atoms with Gasteiger partial charge in [0.2, 0.25) is 5.91 Å². The SMILES string of the molecule is COc1ccc(CC(=O)NCC2NC=C(c3ccccc3)c3cc(Cl)ccc3N2C)cc1OC. The molecule has 1 unspecified atom stereocenters. The Kier molecular flexibility index (Phi) is 7.28. The molecule has 0 spiro atoms. The van der Waals surface area contributed by atoms with Gasteiger partial charge in [-0.05, 0) is 41.5 Å². The molecule has 1 aliphatic heterocycles. The first-order valence-electron chi connectivity index (χ1n) is 11.0. The van der Waals surface area contributed by atoms with Crippen LogP contribution >= 0.6 is 11.6 Å². The molecular formula is C27H28ClN3O3. The van der Waals surface area contributed by atoms with Gasteiger partial charge in [-0.3, -0.25) is 4.79 Å². The summed E-state index contributed by atoms with van der Waals surface area (Å²) in [6, 6.07) is 21.5. The van der Waals surface area contributed by atoms with Crippen molar-refractivity contribution in [3.63, 3.8) is 0 Å². The first kappa shape index (κ1) is 23.5. The van der Waals surface area contributed by atoms with Gasteiger partial charge in [-0.25, -0.2) is 0 Å². The molecule has 3 aromatic rings. The van der Waals surface area contributed by atoms with Crippen LogP contribution in [0.2, 0.25) is 5.02 Å². The minimum absolute atomic E-state index is 0.0738. The number of likely N-dealkylation sites (N-methyl/N-ethyl adjacent to an activating group) is 1. The van der Waals surface area contributed by atoms with Gasteiger partial charge < -0.3 is 25.0 Å². The van der Waals surface area contributed by atoms with E-state index in [0.717, 1.165) is 28.0 Å². The molecule has 0 aromatic heterocycles. The maximum atomic E-state index is 12.7. The Hall–Kier alpha value is -3.64. The van der Waals surface area contributed by atoms with Crippen molar-refractivity contribution in [1.82, 2.24) is 10.6 Å². The molecular weight excluding hydrogens is 450 g/mol. The Morgan fingerprint density at radius 3 is 2.53 bits per heavy atom. The van der Waals surface area contributed by atoms with Crippen molar-refractivity contribution in [2.75, 3.05) is 32.7 Å². The van der Waals surface area contributed by atoms with E-state index in [9.17, 15) is 4.79 Å². The Bertz CT molecular complexity index is 1200. The molecule has 176 valence electrons. The van der Waals surface area contributed by atoms with Crippen molar-refractivity contribution >= 4 is 28.8 Å². The molecule has 1 heterocycles. The molecule has 0 aliphatic carbocycles. The number of benzene rings is 3. The Morgan fingerprint density at radius 1 is 1.03 bits per heavy atom. The van der Waals surface area contributed by atoms with Gasteiger partial charge in [0.1, 0.15) is 6.17 Å². The molecule has 1 aliphatic rings. The highest BCUT2D eigenvalue weighted by molar-refractivity contribution is 6.31. The number of hydrogen-bond acceptors (Lipinski definition) is 5. The average Bonchev–Trinajstić information content (AvgIpc) is 2.99. The van der Waals surface area contributed by atoms with Crippen LogP contribution in [-0.4, -0.2) is 39.9 Å². The number of carbonyl (C=O) groups excluding carboxylic acids is 1. The molecule has 0 saturated carbocycles. The number of nitrogens with zero attached hydrogens (tertiary/aromatic N) is 1. The number of rotatable bonds is 7. The summed E-state index contributed by atoms with van der Waals surface area (Å²) in [7, 11) is 5.18. The van der Waals surface area contributed by atoms with Gasteiger partial charge in [-0.1, -0.05) is 48.0 Å². The van der Waals surface area contributed by atoms with Gasteiger partial charge in [0.25, 0.3) is 0 Å². The van der Waals surface area contributed by atoms with E-state index in [2.05, 4.69) is 27.7 Å². The lowest BCUT2D eigenvalue weighted by Gasteiger charge is -2.30. The van der Waals surface area contributed by atoms with Crippen LogP contribution in [0.3, 0.4) is 0 Å². The lowest BCUT2D eigenvalue weighted by atomic mass is 9.97. The van der Waals surface area contributed by atoms with Gasteiger partial charge in [-0.15, -0.1) is 0 Å². The van der Waals surface area contributed by atoms with Crippen molar-refractivity contribution in [2.45, 2.75) is 12.6 Å². The second-order valence-corrected chi connectivity index (χ2v) is 8.49. The fraction of sp³-hybridized carbons (Fsp3) is 0.222. The topological polar surface area (TPSA) is 62.8 Å². The van der Waals surface area contributed by atoms with Gasteiger partial charge >= 0.3 is 0 Å². The molecule has 0 saturated heterocycles. The minimum Gasteiger partial charge on any atom is -0.493 e. The van der Waals surface area contributed by atoms with E-state index in [0.29, 0.717) is 23.1 Å². The lowest BCUT2D eigenvalue weighted by molar-refractivity contribution is -0.120. The van der Waals surface area contributed by atoms with Crippen LogP contribution in [-0.2, 0) is 11.2 Å².